The predicted octanol–water partition coefficient (Wildman–Crippen LogP) is 4.48. The minimum atomic E-state index is -0.306. The second kappa shape index (κ2) is 8.87. The average molecular weight is 455 g/mol. The van der Waals surface area contributed by atoms with Gasteiger partial charge < -0.3 is 15.5 Å². The minimum Gasteiger partial charge on any atom is -0.323 e. The Kier molecular flexibility index (Phi) is 6.01. The molecule has 31 heavy (non-hydrogen) atoms. The molecule has 7 nitrogen and oxygen atoms in total. The highest BCUT2D eigenvalue weighted by Gasteiger charge is 2.26. The zero-order valence-corrected chi connectivity index (χ0v) is 18.2. The molecule has 158 valence electrons. The molecular formula is C22H19ClN4O3S. The molecule has 3 aromatic rings. The van der Waals surface area contributed by atoms with Crippen LogP contribution in [0.4, 0.5) is 16.5 Å². The predicted molar refractivity (Wildman–Crippen MR) is 123 cm³/mol. The smallest absolute Gasteiger partial charge is 0.244 e. The third-order valence-electron chi connectivity index (χ3n) is 4.80. The number of hydrogen-bond donors (Lipinski definition) is 2. The van der Waals surface area contributed by atoms with Gasteiger partial charge in [0.1, 0.15) is 6.54 Å². The first-order valence-electron chi connectivity index (χ1n) is 9.63. The van der Waals surface area contributed by atoms with E-state index in [2.05, 4.69) is 15.6 Å². The third-order valence-corrected chi connectivity index (χ3v) is 5.94. The molecule has 0 aliphatic carbocycles. The summed E-state index contributed by atoms with van der Waals surface area (Å²) >= 11 is 7.31. The summed E-state index contributed by atoms with van der Waals surface area (Å²) in [6.07, 6.45) is -0.0180. The van der Waals surface area contributed by atoms with Gasteiger partial charge in [0.15, 0.2) is 5.13 Å². The van der Waals surface area contributed by atoms with Gasteiger partial charge in [-0.2, -0.15) is 0 Å². The lowest BCUT2D eigenvalue weighted by Gasteiger charge is -2.29. The van der Waals surface area contributed by atoms with Crippen LogP contribution in [0.1, 0.15) is 17.7 Å². The molecule has 0 spiro atoms. The van der Waals surface area contributed by atoms with Gasteiger partial charge in [-0.05, 0) is 31.2 Å². The topological polar surface area (TPSA) is 91.4 Å². The summed E-state index contributed by atoms with van der Waals surface area (Å²) < 4.78 is 0. The highest BCUT2D eigenvalue weighted by Crippen LogP contribution is 2.32. The van der Waals surface area contributed by atoms with Crippen molar-refractivity contribution in [3.8, 4) is 11.3 Å². The Labute approximate surface area is 188 Å². The fraction of sp³-hybridized carbons (Fsp3) is 0.182. The van der Waals surface area contributed by atoms with E-state index in [0.29, 0.717) is 21.5 Å². The maximum Gasteiger partial charge on any atom is 0.244 e. The highest BCUT2D eigenvalue weighted by atomic mass is 35.5. The summed E-state index contributed by atoms with van der Waals surface area (Å²) in [5, 5.41) is 6.62. The van der Waals surface area contributed by atoms with E-state index in [1.54, 1.807) is 36.4 Å². The first-order chi connectivity index (χ1) is 14.9. The number of fused-ring (bicyclic) bond motifs is 1. The van der Waals surface area contributed by atoms with Crippen molar-refractivity contribution >= 4 is 57.2 Å². The number of nitrogens with one attached hydrogen (secondary N) is 2. The van der Waals surface area contributed by atoms with Crippen LogP contribution in [0.2, 0.25) is 5.02 Å². The number of halogens is 1. The van der Waals surface area contributed by atoms with E-state index in [1.807, 2.05) is 19.1 Å². The highest BCUT2D eigenvalue weighted by molar-refractivity contribution is 7.16. The summed E-state index contributed by atoms with van der Waals surface area (Å²) in [5.41, 5.74) is 2.92. The van der Waals surface area contributed by atoms with Crippen LogP contribution in [-0.4, -0.2) is 29.3 Å². The standard InChI is InChI=1S/C22H19ClN4O3S/c1-13-21(14-6-8-15(23)9-7-14)26-22(31-13)25-18(28)10-11-20(30)27-12-19(29)24-16-4-2-3-5-17(16)27/h2-9H,10-12H2,1H3,(H,24,29)(H,25,26,28). The number of anilines is 3. The molecule has 0 saturated heterocycles. The van der Waals surface area contributed by atoms with E-state index in [4.69, 9.17) is 11.6 Å². The van der Waals surface area contributed by atoms with Gasteiger partial charge in [0, 0.05) is 28.3 Å². The molecular weight excluding hydrogens is 436 g/mol. The SMILES string of the molecule is Cc1sc(NC(=O)CCC(=O)N2CC(=O)Nc3ccccc32)nc1-c1ccc(Cl)cc1. The number of nitrogens with zero attached hydrogens (tertiary/aromatic N) is 2. The van der Waals surface area contributed by atoms with E-state index in [0.717, 1.165) is 16.1 Å². The first-order valence-corrected chi connectivity index (χ1v) is 10.8. The molecule has 0 unspecified atom stereocenters. The number of benzene rings is 2. The van der Waals surface area contributed by atoms with Gasteiger partial charge in [-0.25, -0.2) is 4.98 Å². The molecule has 1 aliphatic heterocycles. The lowest BCUT2D eigenvalue weighted by Crippen LogP contribution is -2.42. The van der Waals surface area contributed by atoms with Crippen molar-refractivity contribution in [1.29, 1.82) is 0 Å². The van der Waals surface area contributed by atoms with Crippen molar-refractivity contribution in [2.45, 2.75) is 19.8 Å². The van der Waals surface area contributed by atoms with E-state index < -0.39 is 0 Å². The molecule has 1 aromatic heterocycles. The third kappa shape index (κ3) is 4.76. The minimum absolute atomic E-state index is 0.00593. The van der Waals surface area contributed by atoms with Crippen LogP contribution in [0, 0.1) is 6.92 Å². The Bertz CT molecular complexity index is 1160. The number of carbonyl (C=O) groups is 3. The number of amides is 3. The number of carbonyl (C=O) groups excluding carboxylic acids is 3. The largest absolute Gasteiger partial charge is 0.323 e. The molecule has 0 radical (unpaired) electrons. The lowest BCUT2D eigenvalue weighted by molar-refractivity contribution is -0.124. The van der Waals surface area contributed by atoms with E-state index in [9.17, 15) is 14.4 Å². The fourth-order valence-electron chi connectivity index (χ4n) is 3.32. The number of thiazole rings is 1. The Morgan fingerprint density at radius 1 is 1.16 bits per heavy atom. The monoisotopic (exact) mass is 454 g/mol. The molecule has 1 aliphatic rings. The molecule has 0 bridgehead atoms. The van der Waals surface area contributed by atoms with E-state index in [-0.39, 0.29) is 37.1 Å². The zero-order chi connectivity index (χ0) is 22.0. The van der Waals surface area contributed by atoms with Crippen LogP contribution >= 0.6 is 22.9 Å². The van der Waals surface area contributed by atoms with Crippen LogP contribution < -0.4 is 15.5 Å². The van der Waals surface area contributed by atoms with Gasteiger partial charge in [0.2, 0.25) is 17.7 Å². The molecule has 2 N–H and O–H groups in total. The summed E-state index contributed by atoms with van der Waals surface area (Å²) in [4.78, 5) is 43.8. The molecule has 0 saturated carbocycles. The Morgan fingerprint density at radius 2 is 1.90 bits per heavy atom. The second-order valence-corrected chi connectivity index (χ2v) is 8.66. The van der Waals surface area contributed by atoms with Crippen molar-refractivity contribution in [3.63, 3.8) is 0 Å². The van der Waals surface area contributed by atoms with Crippen LogP contribution in [-0.2, 0) is 14.4 Å². The number of hydrogen-bond acceptors (Lipinski definition) is 5. The molecule has 0 fully saturated rings. The van der Waals surface area contributed by atoms with Crippen LogP contribution in [0.25, 0.3) is 11.3 Å². The average Bonchev–Trinajstić information content (AvgIpc) is 3.11. The molecule has 9 heteroatoms. The van der Waals surface area contributed by atoms with Crippen LogP contribution in [0.5, 0.6) is 0 Å². The Morgan fingerprint density at radius 3 is 2.68 bits per heavy atom. The van der Waals surface area contributed by atoms with E-state index >= 15 is 0 Å². The van der Waals surface area contributed by atoms with Gasteiger partial charge >= 0.3 is 0 Å². The van der Waals surface area contributed by atoms with Gasteiger partial charge in [0.05, 0.1) is 17.1 Å². The maximum absolute atomic E-state index is 12.7. The van der Waals surface area contributed by atoms with Crippen LogP contribution in [0.15, 0.2) is 48.5 Å². The molecule has 2 heterocycles. The van der Waals surface area contributed by atoms with Gasteiger partial charge in [0.25, 0.3) is 0 Å². The number of para-hydroxylation sites is 2. The van der Waals surface area contributed by atoms with Crippen LogP contribution in [0.3, 0.4) is 0 Å². The molecule has 4 rings (SSSR count). The maximum atomic E-state index is 12.7. The molecule has 0 atom stereocenters. The lowest BCUT2D eigenvalue weighted by atomic mass is 10.1. The van der Waals surface area contributed by atoms with Gasteiger partial charge in [-0.15, -0.1) is 11.3 Å². The summed E-state index contributed by atoms with van der Waals surface area (Å²) in [6, 6.07) is 14.4. The van der Waals surface area contributed by atoms with Crippen molar-refractivity contribution < 1.29 is 14.4 Å². The Hall–Kier alpha value is -3.23. The normalized spacial score (nSPS) is 12.8. The first kappa shape index (κ1) is 21.0. The van der Waals surface area contributed by atoms with Crippen molar-refractivity contribution in [3.05, 3.63) is 58.4 Å². The van der Waals surface area contributed by atoms with Crippen molar-refractivity contribution in [2.75, 3.05) is 22.1 Å². The summed E-state index contributed by atoms with van der Waals surface area (Å²) in [7, 11) is 0. The summed E-state index contributed by atoms with van der Waals surface area (Å²) in [6.45, 7) is 1.87. The fourth-order valence-corrected chi connectivity index (χ4v) is 4.30. The Balaban J connectivity index is 1.38. The van der Waals surface area contributed by atoms with Gasteiger partial charge in [-0.1, -0.05) is 35.9 Å². The van der Waals surface area contributed by atoms with E-state index in [1.165, 1.54) is 16.2 Å². The van der Waals surface area contributed by atoms with Gasteiger partial charge in [-0.3, -0.25) is 14.4 Å². The number of aromatic nitrogens is 1. The van der Waals surface area contributed by atoms with Crippen molar-refractivity contribution in [1.82, 2.24) is 4.98 Å². The molecule has 2 aromatic carbocycles. The number of rotatable bonds is 5. The van der Waals surface area contributed by atoms with Crippen molar-refractivity contribution in [2.24, 2.45) is 0 Å². The molecule has 3 amide bonds. The second-order valence-electron chi connectivity index (χ2n) is 7.02. The quantitative estimate of drug-likeness (QED) is 0.594. The zero-order valence-electron chi connectivity index (χ0n) is 16.6. The summed E-state index contributed by atoms with van der Waals surface area (Å²) in [5.74, 6) is -0.849. The number of aryl methyl sites for hydroxylation is 1.